The first-order valence-corrected chi connectivity index (χ1v) is 9.14. The number of thioether (sulfide) groups is 1. The van der Waals surface area contributed by atoms with Gasteiger partial charge in [0.05, 0.1) is 16.1 Å². The summed E-state index contributed by atoms with van der Waals surface area (Å²) in [4.78, 5) is 0. The first-order valence-electron chi connectivity index (χ1n) is 7.40. The van der Waals surface area contributed by atoms with Gasteiger partial charge in [0, 0.05) is 11.3 Å². The lowest BCUT2D eigenvalue weighted by molar-refractivity contribution is 0.126. The molecule has 1 N–H and O–H groups in total. The van der Waals surface area contributed by atoms with Crippen LogP contribution in [0, 0.1) is 0 Å². The van der Waals surface area contributed by atoms with Crippen LogP contribution in [0.15, 0.2) is 58.2 Å². The number of aromatic nitrogens is 2. The number of halogens is 2. The molecule has 0 radical (unpaired) electrons. The largest absolute Gasteiger partial charge is 0.488 e. The van der Waals surface area contributed by atoms with Gasteiger partial charge in [0.1, 0.15) is 6.61 Å². The summed E-state index contributed by atoms with van der Waals surface area (Å²) in [5, 5.41) is 19.2. The first-order chi connectivity index (χ1) is 12.1. The monoisotopic (exact) mass is 396 g/mol. The van der Waals surface area contributed by atoms with Crippen molar-refractivity contribution >= 4 is 35.0 Å². The summed E-state index contributed by atoms with van der Waals surface area (Å²) in [5.74, 6) is 1.13. The van der Waals surface area contributed by atoms with Crippen molar-refractivity contribution in [1.82, 2.24) is 10.2 Å². The third-order valence-electron chi connectivity index (χ3n) is 3.17. The van der Waals surface area contributed by atoms with E-state index in [0.29, 0.717) is 32.7 Å². The second kappa shape index (κ2) is 8.58. The van der Waals surface area contributed by atoms with Gasteiger partial charge in [-0.2, -0.15) is 0 Å². The van der Waals surface area contributed by atoms with Crippen LogP contribution < -0.4 is 4.74 Å². The smallest absolute Gasteiger partial charge is 0.276 e. The van der Waals surface area contributed by atoms with Crippen LogP contribution in [0.1, 0.15) is 0 Å². The van der Waals surface area contributed by atoms with Gasteiger partial charge in [-0.25, -0.2) is 0 Å². The SMILES string of the molecule is O[C@@H](COc1c(Cl)cccc1Cl)CSc1nnc(-c2ccccc2)o1. The third-order valence-corrected chi connectivity index (χ3v) is 4.72. The molecule has 0 unspecified atom stereocenters. The second-order valence-corrected chi connectivity index (χ2v) is 6.85. The summed E-state index contributed by atoms with van der Waals surface area (Å²) in [6, 6.07) is 14.6. The van der Waals surface area contributed by atoms with Crippen LogP contribution in [0.4, 0.5) is 0 Å². The molecule has 0 saturated carbocycles. The zero-order valence-electron chi connectivity index (χ0n) is 12.9. The normalized spacial score (nSPS) is 12.1. The molecule has 0 aliphatic carbocycles. The lowest BCUT2D eigenvalue weighted by Gasteiger charge is -2.13. The summed E-state index contributed by atoms with van der Waals surface area (Å²) < 4.78 is 11.1. The molecule has 2 aromatic carbocycles. The lowest BCUT2D eigenvalue weighted by atomic mass is 10.2. The van der Waals surface area contributed by atoms with E-state index < -0.39 is 6.10 Å². The van der Waals surface area contributed by atoms with Crippen LogP contribution in [0.3, 0.4) is 0 Å². The molecule has 130 valence electrons. The maximum absolute atomic E-state index is 10.1. The molecule has 3 aromatic rings. The number of aliphatic hydroxyl groups is 1. The minimum absolute atomic E-state index is 0.0517. The molecule has 0 aliphatic rings. The van der Waals surface area contributed by atoms with E-state index in [1.165, 1.54) is 11.8 Å². The Balaban J connectivity index is 1.51. The Bertz CT molecular complexity index is 810. The molecule has 0 amide bonds. The Morgan fingerprint density at radius 1 is 1.04 bits per heavy atom. The van der Waals surface area contributed by atoms with E-state index in [2.05, 4.69) is 10.2 Å². The molecular formula is C17H14Cl2N2O3S. The Morgan fingerprint density at radius 2 is 1.76 bits per heavy atom. The summed E-state index contributed by atoms with van der Waals surface area (Å²) in [6.07, 6.45) is -0.746. The van der Waals surface area contributed by atoms with Crippen molar-refractivity contribution in [1.29, 1.82) is 0 Å². The molecule has 1 heterocycles. The second-order valence-electron chi connectivity index (χ2n) is 5.07. The quantitative estimate of drug-likeness (QED) is 0.589. The van der Waals surface area contributed by atoms with Crippen molar-refractivity contribution in [3.05, 3.63) is 58.6 Å². The van der Waals surface area contributed by atoms with Crippen molar-refractivity contribution in [2.75, 3.05) is 12.4 Å². The van der Waals surface area contributed by atoms with Crippen LogP contribution in [0.2, 0.25) is 10.0 Å². The van der Waals surface area contributed by atoms with Gasteiger partial charge in [0.2, 0.25) is 5.89 Å². The molecule has 5 nitrogen and oxygen atoms in total. The van der Waals surface area contributed by atoms with E-state index in [1.54, 1.807) is 18.2 Å². The topological polar surface area (TPSA) is 68.4 Å². The first kappa shape index (κ1) is 18.1. The van der Waals surface area contributed by atoms with Gasteiger partial charge < -0.3 is 14.3 Å². The van der Waals surface area contributed by atoms with Crippen LogP contribution >= 0.6 is 35.0 Å². The predicted octanol–water partition coefficient (Wildman–Crippen LogP) is 4.58. The molecule has 0 saturated heterocycles. The number of benzene rings is 2. The molecule has 1 aromatic heterocycles. The highest BCUT2D eigenvalue weighted by atomic mass is 35.5. The number of aliphatic hydroxyl groups excluding tert-OH is 1. The van der Waals surface area contributed by atoms with Crippen molar-refractivity contribution in [3.63, 3.8) is 0 Å². The Morgan fingerprint density at radius 3 is 2.48 bits per heavy atom. The molecule has 0 fully saturated rings. The molecule has 1 atom stereocenters. The van der Waals surface area contributed by atoms with E-state index >= 15 is 0 Å². The highest BCUT2D eigenvalue weighted by Crippen LogP contribution is 2.32. The number of ether oxygens (including phenoxy) is 1. The minimum atomic E-state index is -0.746. The molecular weight excluding hydrogens is 383 g/mol. The Kier molecular flexibility index (Phi) is 6.20. The average Bonchev–Trinajstić information content (AvgIpc) is 3.09. The van der Waals surface area contributed by atoms with Gasteiger partial charge in [0.15, 0.2) is 5.75 Å². The highest BCUT2D eigenvalue weighted by Gasteiger charge is 2.14. The van der Waals surface area contributed by atoms with E-state index in [1.807, 2.05) is 30.3 Å². The van der Waals surface area contributed by atoms with Crippen LogP contribution in [-0.4, -0.2) is 33.8 Å². The number of hydrogen-bond donors (Lipinski definition) is 1. The molecule has 0 aliphatic heterocycles. The predicted molar refractivity (Wildman–Crippen MR) is 98.4 cm³/mol. The van der Waals surface area contributed by atoms with Crippen LogP contribution in [0.25, 0.3) is 11.5 Å². The lowest BCUT2D eigenvalue weighted by Crippen LogP contribution is -2.20. The van der Waals surface area contributed by atoms with E-state index in [4.69, 9.17) is 32.4 Å². The average molecular weight is 397 g/mol. The summed E-state index contributed by atoms with van der Waals surface area (Å²) in [7, 11) is 0. The van der Waals surface area contributed by atoms with Crippen LogP contribution in [0.5, 0.6) is 5.75 Å². The van der Waals surface area contributed by atoms with Gasteiger partial charge >= 0.3 is 0 Å². The van der Waals surface area contributed by atoms with Crippen molar-refractivity contribution in [3.8, 4) is 17.2 Å². The highest BCUT2D eigenvalue weighted by molar-refractivity contribution is 7.99. The molecule has 8 heteroatoms. The zero-order chi connectivity index (χ0) is 17.6. The fraction of sp³-hybridized carbons (Fsp3) is 0.176. The van der Waals surface area contributed by atoms with Gasteiger partial charge in [-0.3, -0.25) is 0 Å². The van der Waals surface area contributed by atoms with Crippen molar-refractivity contribution < 1.29 is 14.3 Å². The molecule has 3 rings (SSSR count). The fourth-order valence-corrected chi connectivity index (χ4v) is 3.16. The van der Waals surface area contributed by atoms with Crippen LogP contribution in [-0.2, 0) is 0 Å². The standard InChI is InChI=1S/C17H14Cl2N2O3S/c18-13-7-4-8-14(19)15(13)23-9-12(22)10-25-17-21-20-16(24-17)11-5-2-1-3-6-11/h1-8,12,22H,9-10H2/t12-/m0/s1. The number of para-hydroxylation sites is 1. The van der Waals surface area contributed by atoms with Gasteiger partial charge in [-0.05, 0) is 24.3 Å². The maximum atomic E-state index is 10.1. The van der Waals surface area contributed by atoms with Crippen molar-refractivity contribution in [2.45, 2.75) is 11.3 Å². The molecule has 0 bridgehead atoms. The molecule has 25 heavy (non-hydrogen) atoms. The maximum Gasteiger partial charge on any atom is 0.276 e. The van der Waals surface area contributed by atoms with Crippen molar-refractivity contribution in [2.24, 2.45) is 0 Å². The summed E-state index contributed by atoms with van der Waals surface area (Å²) in [6.45, 7) is 0.0517. The molecule has 0 spiro atoms. The Labute approximate surface area is 158 Å². The zero-order valence-corrected chi connectivity index (χ0v) is 15.3. The van der Waals surface area contributed by atoms with E-state index in [0.717, 1.165) is 5.56 Å². The van der Waals surface area contributed by atoms with Gasteiger partial charge in [-0.1, -0.05) is 59.2 Å². The number of nitrogens with zero attached hydrogens (tertiary/aromatic N) is 2. The van der Waals surface area contributed by atoms with Gasteiger partial charge in [-0.15, -0.1) is 10.2 Å². The Hall–Kier alpha value is -1.73. The van der Waals surface area contributed by atoms with E-state index in [9.17, 15) is 5.11 Å². The third kappa shape index (κ3) is 4.89. The van der Waals surface area contributed by atoms with Gasteiger partial charge in [0.25, 0.3) is 5.22 Å². The fourth-order valence-electron chi connectivity index (χ4n) is 1.98. The van der Waals surface area contributed by atoms with E-state index in [-0.39, 0.29) is 6.61 Å². The minimum Gasteiger partial charge on any atom is -0.488 e. The summed E-state index contributed by atoms with van der Waals surface area (Å²) in [5.41, 5.74) is 0.846. The number of rotatable bonds is 7. The number of hydrogen-bond acceptors (Lipinski definition) is 6. The summed E-state index contributed by atoms with van der Waals surface area (Å²) >= 11 is 13.3.